The van der Waals surface area contributed by atoms with E-state index in [-0.39, 0.29) is 12.0 Å². The van der Waals surface area contributed by atoms with Crippen molar-refractivity contribution in [1.82, 2.24) is 10.2 Å². The molecule has 1 rings (SSSR count). The van der Waals surface area contributed by atoms with Crippen molar-refractivity contribution < 1.29 is 4.79 Å². The Morgan fingerprint density at radius 1 is 1.44 bits per heavy atom. The molecular weight excluding hydrogens is 226 g/mol. The zero-order valence-corrected chi connectivity index (χ0v) is 12.5. The fourth-order valence-corrected chi connectivity index (χ4v) is 1.69. The van der Waals surface area contributed by atoms with Crippen molar-refractivity contribution >= 4 is 6.29 Å². The second kappa shape index (κ2) is 7.50. The number of nitrogens with zero attached hydrogens (tertiary/aromatic N) is 2. The zero-order valence-electron chi connectivity index (χ0n) is 12.5. The van der Waals surface area contributed by atoms with Gasteiger partial charge in [0.25, 0.3) is 0 Å². The van der Waals surface area contributed by atoms with Crippen LogP contribution in [0.2, 0.25) is 0 Å². The average Bonchev–Trinajstić information content (AvgIpc) is 2.72. The Morgan fingerprint density at radius 2 is 1.94 bits per heavy atom. The molecule has 0 aromatic rings. The van der Waals surface area contributed by atoms with Crippen molar-refractivity contribution in [3.05, 3.63) is 0 Å². The van der Waals surface area contributed by atoms with Crippen LogP contribution in [0.15, 0.2) is 0 Å². The summed E-state index contributed by atoms with van der Waals surface area (Å²) in [4.78, 5) is 12.6. The van der Waals surface area contributed by atoms with Crippen molar-refractivity contribution in [2.75, 3.05) is 13.6 Å². The molecule has 0 aromatic heterocycles. The highest BCUT2D eigenvalue weighted by atomic mass is 16.1. The van der Waals surface area contributed by atoms with Gasteiger partial charge < -0.3 is 10.1 Å². The molecule has 104 valence electrons. The summed E-state index contributed by atoms with van der Waals surface area (Å²) in [5, 5.41) is 11.9. The Kier molecular flexibility index (Phi) is 7.12. The summed E-state index contributed by atoms with van der Waals surface area (Å²) in [6.45, 7) is 11.3. The first-order valence-corrected chi connectivity index (χ1v) is 6.54. The van der Waals surface area contributed by atoms with Gasteiger partial charge in [0.1, 0.15) is 6.29 Å². The van der Waals surface area contributed by atoms with Gasteiger partial charge in [-0.1, -0.05) is 0 Å². The molecule has 1 aliphatic rings. The molecule has 0 aromatic carbocycles. The Morgan fingerprint density at radius 3 is 2.17 bits per heavy atom. The van der Waals surface area contributed by atoms with Gasteiger partial charge in [0.2, 0.25) is 0 Å². The molecule has 0 radical (unpaired) electrons. The standard InChI is InChI=1S/C9H14N2O.C5H13N/c1-7(2)11-5-8(6-12)3-9(11)4-10;1-5(2,3)6-4/h6-9H,3,5H2,1-2H3;6H,1-4H3. The van der Waals surface area contributed by atoms with Crippen LogP contribution in [-0.4, -0.2) is 42.4 Å². The van der Waals surface area contributed by atoms with E-state index in [0.29, 0.717) is 18.0 Å². The molecule has 1 saturated heterocycles. The zero-order chi connectivity index (χ0) is 14.3. The van der Waals surface area contributed by atoms with Crippen molar-refractivity contribution in [2.45, 2.75) is 58.7 Å². The molecule has 1 N–H and O–H groups in total. The Hall–Kier alpha value is -0.920. The van der Waals surface area contributed by atoms with E-state index in [9.17, 15) is 4.79 Å². The van der Waals surface area contributed by atoms with E-state index in [1.165, 1.54) is 0 Å². The highest BCUT2D eigenvalue weighted by Gasteiger charge is 2.32. The Labute approximate surface area is 111 Å². The number of nitrogens with one attached hydrogen (secondary N) is 1. The minimum atomic E-state index is -0.0554. The SMILES string of the molecule is CC(C)N1CC(C=O)CC1C#N.CNC(C)(C)C. The van der Waals surface area contributed by atoms with Crippen LogP contribution in [0.3, 0.4) is 0 Å². The van der Waals surface area contributed by atoms with E-state index in [4.69, 9.17) is 5.26 Å². The third-order valence-electron chi connectivity index (χ3n) is 3.13. The molecule has 2 atom stereocenters. The van der Waals surface area contributed by atoms with Crippen LogP contribution in [0.1, 0.15) is 41.0 Å². The molecule has 0 amide bonds. The quantitative estimate of drug-likeness (QED) is 0.763. The van der Waals surface area contributed by atoms with E-state index in [2.05, 4.69) is 50.9 Å². The van der Waals surface area contributed by atoms with Gasteiger partial charge in [0, 0.05) is 24.0 Å². The van der Waals surface area contributed by atoms with Gasteiger partial charge in [-0.25, -0.2) is 0 Å². The highest BCUT2D eigenvalue weighted by molar-refractivity contribution is 5.55. The first-order valence-electron chi connectivity index (χ1n) is 6.54. The highest BCUT2D eigenvalue weighted by Crippen LogP contribution is 2.23. The van der Waals surface area contributed by atoms with Crippen molar-refractivity contribution in [2.24, 2.45) is 5.92 Å². The molecule has 4 nitrogen and oxygen atoms in total. The Bertz CT molecular complexity index is 288. The monoisotopic (exact) mass is 253 g/mol. The number of carbonyl (C=O) groups is 1. The lowest BCUT2D eigenvalue weighted by Crippen LogP contribution is -2.34. The molecule has 1 fully saturated rings. The lowest BCUT2D eigenvalue weighted by atomic mass is 10.1. The van der Waals surface area contributed by atoms with Crippen LogP contribution in [0, 0.1) is 17.2 Å². The average molecular weight is 253 g/mol. The molecule has 4 heteroatoms. The van der Waals surface area contributed by atoms with Crippen LogP contribution >= 0.6 is 0 Å². The summed E-state index contributed by atoms with van der Waals surface area (Å²) in [6.07, 6.45) is 1.67. The van der Waals surface area contributed by atoms with E-state index >= 15 is 0 Å². The lowest BCUT2D eigenvalue weighted by Gasteiger charge is -2.23. The van der Waals surface area contributed by atoms with Crippen LogP contribution < -0.4 is 5.32 Å². The molecular formula is C14H27N3O. The second-order valence-electron chi connectivity index (χ2n) is 6.07. The number of carbonyl (C=O) groups excluding carboxylic acids is 1. The predicted molar refractivity (Wildman–Crippen MR) is 74.2 cm³/mol. The van der Waals surface area contributed by atoms with Crippen molar-refractivity contribution in [3.8, 4) is 6.07 Å². The topological polar surface area (TPSA) is 56.1 Å². The molecule has 1 aliphatic heterocycles. The van der Waals surface area contributed by atoms with Gasteiger partial charge in [0.15, 0.2) is 0 Å². The molecule has 0 bridgehead atoms. The predicted octanol–water partition coefficient (Wildman–Crippen LogP) is 1.81. The normalized spacial score (nSPS) is 24.3. The summed E-state index contributed by atoms with van der Waals surface area (Å²) in [5.41, 5.74) is 0.292. The van der Waals surface area contributed by atoms with Crippen LogP contribution in [0.25, 0.3) is 0 Å². The maximum absolute atomic E-state index is 10.5. The summed E-state index contributed by atoms with van der Waals surface area (Å²) in [6, 6.07) is 2.53. The molecule has 1 heterocycles. The smallest absolute Gasteiger partial charge is 0.124 e. The van der Waals surface area contributed by atoms with Gasteiger partial charge in [-0.3, -0.25) is 4.90 Å². The fraction of sp³-hybridized carbons (Fsp3) is 0.857. The van der Waals surface area contributed by atoms with E-state index in [0.717, 1.165) is 12.8 Å². The number of aldehydes is 1. The minimum absolute atomic E-state index is 0.0554. The van der Waals surface area contributed by atoms with Gasteiger partial charge in [-0.05, 0) is 48.1 Å². The Balaban J connectivity index is 0.000000411. The van der Waals surface area contributed by atoms with Crippen molar-refractivity contribution in [1.29, 1.82) is 5.26 Å². The number of rotatable bonds is 2. The third kappa shape index (κ3) is 6.13. The number of hydrogen-bond donors (Lipinski definition) is 1. The van der Waals surface area contributed by atoms with Gasteiger partial charge in [-0.2, -0.15) is 5.26 Å². The molecule has 0 saturated carbocycles. The van der Waals surface area contributed by atoms with Crippen LogP contribution in [0.4, 0.5) is 0 Å². The number of likely N-dealkylation sites (tertiary alicyclic amines) is 1. The van der Waals surface area contributed by atoms with Crippen LogP contribution in [-0.2, 0) is 4.79 Å². The van der Waals surface area contributed by atoms with E-state index in [1.54, 1.807) is 0 Å². The maximum atomic E-state index is 10.5. The van der Waals surface area contributed by atoms with Gasteiger partial charge in [0.05, 0.1) is 12.1 Å². The molecule has 2 unspecified atom stereocenters. The first-order chi connectivity index (χ1) is 8.25. The summed E-state index contributed by atoms with van der Waals surface area (Å²) >= 11 is 0. The molecule has 0 spiro atoms. The largest absolute Gasteiger partial charge is 0.315 e. The third-order valence-corrected chi connectivity index (χ3v) is 3.13. The van der Waals surface area contributed by atoms with E-state index in [1.807, 2.05) is 7.05 Å². The minimum Gasteiger partial charge on any atom is -0.315 e. The molecule has 0 aliphatic carbocycles. The first kappa shape index (κ1) is 17.1. The number of nitriles is 1. The second-order valence-corrected chi connectivity index (χ2v) is 6.07. The summed E-state index contributed by atoms with van der Waals surface area (Å²) in [7, 11) is 1.96. The molecule has 18 heavy (non-hydrogen) atoms. The van der Waals surface area contributed by atoms with Crippen LogP contribution in [0.5, 0.6) is 0 Å². The van der Waals surface area contributed by atoms with E-state index < -0.39 is 0 Å². The van der Waals surface area contributed by atoms with Crippen molar-refractivity contribution in [3.63, 3.8) is 0 Å². The fourth-order valence-electron chi connectivity index (χ4n) is 1.69. The van der Waals surface area contributed by atoms with Gasteiger partial charge >= 0.3 is 0 Å². The van der Waals surface area contributed by atoms with Gasteiger partial charge in [-0.15, -0.1) is 0 Å². The summed E-state index contributed by atoms with van der Waals surface area (Å²) < 4.78 is 0. The maximum Gasteiger partial charge on any atom is 0.124 e. The number of hydrogen-bond acceptors (Lipinski definition) is 4. The lowest BCUT2D eigenvalue weighted by molar-refractivity contribution is -0.110. The summed E-state index contributed by atoms with van der Waals surface area (Å²) in [5.74, 6) is 0.0667.